The predicted molar refractivity (Wildman–Crippen MR) is 85.4 cm³/mol. The van der Waals surface area contributed by atoms with Gasteiger partial charge in [0.05, 0.1) is 10.4 Å². The minimum absolute atomic E-state index is 0.191. The van der Waals surface area contributed by atoms with Crippen LogP contribution in [0, 0.1) is 13.8 Å². The van der Waals surface area contributed by atoms with Crippen LogP contribution in [0.4, 0.5) is 0 Å². The number of aryl methyl sites for hydroxylation is 2. The van der Waals surface area contributed by atoms with E-state index in [-0.39, 0.29) is 10.0 Å². The van der Waals surface area contributed by atoms with Crippen LogP contribution in [0.5, 0.6) is 0 Å². The highest BCUT2D eigenvalue weighted by molar-refractivity contribution is 7.90. The first-order chi connectivity index (χ1) is 9.89. The van der Waals surface area contributed by atoms with E-state index in [1.54, 1.807) is 36.4 Å². The summed E-state index contributed by atoms with van der Waals surface area (Å²) < 4.78 is 26.8. The minimum Gasteiger partial charge on any atom is -0.223 e. The number of nitrogens with zero attached hydrogens (tertiary/aromatic N) is 1. The van der Waals surface area contributed by atoms with Crippen molar-refractivity contribution in [3.05, 3.63) is 64.8 Å². The fourth-order valence-electron chi connectivity index (χ4n) is 2.34. The van der Waals surface area contributed by atoms with E-state index in [0.717, 1.165) is 16.5 Å². The molecular weight excluding hydrogens is 306 g/mol. The third kappa shape index (κ3) is 2.34. The quantitative estimate of drug-likeness (QED) is 0.712. The van der Waals surface area contributed by atoms with Gasteiger partial charge in [0.15, 0.2) is 0 Å². The van der Waals surface area contributed by atoms with Crippen molar-refractivity contribution in [3.8, 4) is 0 Å². The zero-order valence-electron chi connectivity index (χ0n) is 11.7. The monoisotopic (exact) mass is 319 g/mol. The van der Waals surface area contributed by atoms with Crippen LogP contribution in [0.3, 0.4) is 0 Å². The van der Waals surface area contributed by atoms with E-state index in [1.807, 2.05) is 26.0 Å². The molecule has 0 N–H and O–H groups in total. The molecule has 0 fully saturated rings. The van der Waals surface area contributed by atoms with Crippen LogP contribution >= 0.6 is 11.6 Å². The number of fused-ring (bicyclic) bond motifs is 1. The molecular formula is C16H14ClNO2S. The van der Waals surface area contributed by atoms with Gasteiger partial charge in [-0.2, -0.15) is 0 Å². The second-order valence-corrected chi connectivity index (χ2v) is 7.29. The van der Waals surface area contributed by atoms with Crippen LogP contribution in [0.1, 0.15) is 11.1 Å². The molecule has 1 aromatic heterocycles. The number of benzene rings is 2. The number of halogens is 1. The topological polar surface area (TPSA) is 39.1 Å². The largest absolute Gasteiger partial charge is 0.269 e. The summed E-state index contributed by atoms with van der Waals surface area (Å²) in [5, 5.41) is 1.01. The lowest BCUT2D eigenvalue weighted by Crippen LogP contribution is -2.12. The molecule has 21 heavy (non-hydrogen) atoms. The van der Waals surface area contributed by atoms with E-state index in [9.17, 15) is 8.42 Å². The Kier molecular flexibility index (Phi) is 3.30. The fourth-order valence-corrected chi connectivity index (χ4v) is 4.22. The Balaban J connectivity index is 2.28. The molecule has 2 aromatic carbocycles. The maximum Gasteiger partial charge on any atom is 0.269 e. The normalized spacial score (nSPS) is 12.0. The molecule has 0 radical (unpaired) electrons. The molecule has 0 aliphatic carbocycles. The van der Waals surface area contributed by atoms with Crippen molar-refractivity contribution in [1.82, 2.24) is 3.97 Å². The zero-order valence-corrected chi connectivity index (χ0v) is 13.2. The summed E-state index contributed by atoms with van der Waals surface area (Å²) in [5.74, 6) is 0. The summed E-state index contributed by atoms with van der Waals surface area (Å²) in [4.78, 5) is 0.230. The van der Waals surface area contributed by atoms with Crippen LogP contribution in [0.2, 0.25) is 5.15 Å². The molecule has 5 heteroatoms. The van der Waals surface area contributed by atoms with E-state index in [4.69, 9.17) is 11.6 Å². The first-order valence-corrected chi connectivity index (χ1v) is 8.31. The van der Waals surface area contributed by atoms with E-state index in [2.05, 4.69) is 0 Å². The number of aromatic nitrogens is 1. The number of rotatable bonds is 2. The van der Waals surface area contributed by atoms with Gasteiger partial charge in [-0.25, -0.2) is 12.4 Å². The first kappa shape index (κ1) is 14.2. The number of hydrogen-bond acceptors (Lipinski definition) is 2. The molecule has 3 aromatic rings. The molecule has 3 nitrogen and oxygen atoms in total. The van der Waals surface area contributed by atoms with Crippen LogP contribution in [-0.4, -0.2) is 12.4 Å². The van der Waals surface area contributed by atoms with Gasteiger partial charge in [0.2, 0.25) is 0 Å². The lowest BCUT2D eigenvalue weighted by molar-refractivity contribution is 0.589. The van der Waals surface area contributed by atoms with Gasteiger partial charge < -0.3 is 0 Å². The molecule has 0 saturated heterocycles. The van der Waals surface area contributed by atoms with Gasteiger partial charge in [0, 0.05) is 5.39 Å². The predicted octanol–water partition coefficient (Wildman–Crippen LogP) is 4.15. The Morgan fingerprint density at radius 1 is 0.905 bits per heavy atom. The lowest BCUT2D eigenvalue weighted by Gasteiger charge is -2.09. The summed E-state index contributed by atoms with van der Waals surface area (Å²) in [6.45, 7) is 3.87. The van der Waals surface area contributed by atoms with E-state index < -0.39 is 10.0 Å². The second kappa shape index (κ2) is 4.90. The van der Waals surface area contributed by atoms with Gasteiger partial charge in [-0.05, 0) is 44.2 Å². The zero-order chi connectivity index (χ0) is 15.2. The van der Waals surface area contributed by atoms with Crippen molar-refractivity contribution in [2.45, 2.75) is 18.7 Å². The molecule has 0 spiro atoms. The van der Waals surface area contributed by atoms with Crippen LogP contribution in [-0.2, 0) is 10.0 Å². The van der Waals surface area contributed by atoms with Gasteiger partial charge in [0.25, 0.3) is 10.0 Å². The molecule has 0 aliphatic heterocycles. The van der Waals surface area contributed by atoms with E-state index in [0.29, 0.717) is 5.52 Å². The van der Waals surface area contributed by atoms with Crippen molar-refractivity contribution < 1.29 is 8.42 Å². The molecule has 0 unspecified atom stereocenters. The summed E-state index contributed by atoms with van der Waals surface area (Å²) >= 11 is 6.17. The highest BCUT2D eigenvalue weighted by Gasteiger charge is 2.22. The number of hydrogen-bond donors (Lipinski definition) is 0. The molecule has 0 aliphatic rings. The second-order valence-electron chi connectivity index (χ2n) is 5.11. The molecule has 3 rings (SSSR count). The van der Waals surface area contributed by atoms with Crippen molar-refractivity contribution in [2.24, 2.45) is 0 Å². The fraction of sp³-hybridized carbons (Fsp3) is 0.125. The average molecular weight is 320 g/mol. The van der Waals surface area contributed by atoms with Crippen molar-refractivity contribution in [1.29, 1.82) is 0 Å². The molecule has 0 bridgehead atoms. The summed E-state index contributed by atoms with van der Waals surface area (Å²) in [6.07, 6.45) is 0. The molecule has 0 atom stereocenters. The van der Waals surface area contributed by atoms with E-state index >= 15 is 0 Å². The van der Waals surface area contributed by atoms with Gasteiger partial charge in [-0.1, -0.05) is 40.9 Å². The molecule has 1 heterocycles. The molecule has 108 valence electrons. The van der Waals surface area contributed by atoms with Crippen molar-refractivity contribution >= 4 is 32.5 Å². The third-order valence-corrected chi connectivity index (χ3v) is 5.55. The van der Waals surface area contributed by atoms with Gasteiger partial charge in [0.1, 0.15) is 5.15 Å². The summed E-state index contributed by atoms with van der Waals surface area (Å²) in [6, 6.07) is 14.0. The average Bonchev–Trinajstić information content (AvgIpc) is 2.74. The highest BCUT2D eigenvalue weighted by Crippen LogP contribution is 2.29. The standard InChI is InChI=1S/C16H14ClNO2S/c1-11-3-6-14(7-4-11)21(19,20)18-15-8-5-12(2)9-13(15)10-16(18)17/h3-10H,1-2H3. The lowest BCUT2D eigenvalue weighted by atomic mass is 10.2. The van der Waals surface area contributed by atoms with Gasteiger partial charge in [-0.3, -0.25) is 0 Å². The SMILES string of the molecule is Cc1ccc(S(=O)(=O)n2c(Cl)cc3cc(C)ccc32)cc1. The van der Waals surface area contributed by atoms with Gasteiger partial charge >= 0.3 is 0 Å². The minimum atomic E-state index is -3.70. The maximum atomic E-state index is 12.8. The first-order valence-electron chi connectivity index (χ1n) is 6.49. The van der Waals surface area contributed by atoms with Gasteiger partial charge in [-0.15, -0.1) is 0 Å². The Labute approximate surface area is 128 Å². The summed E-state index contributed by atoms with van der Waals surface area (Å²) in [5.41, 5.74) is 2.66. The molecule has 0 saturated carbocycles. The van der Waals surface area contributed by atoms with Crippen LogP contribution < -0.4 is 0 Å². The Morgan fingerprint density at radius 2 is 1.52 bits per heavy atom. The Bertz CT molecular complexity index is 925. The van der Waals surface area contributed by atoms with Crippen LogP contribution in [0.25, 0.3) is 10.9 Å². The van der Waals surface area contributed by atoms with Crippen LogP contribution in [0.15, 0.2) is 53.4 Å². The van der Waals surface area contributed by atoms with Crippen molar-refractivity contribution in [2.75, 3.05) is 0 Å². The third-order valence-electron chi connectivity index (χ3n) is 3.43. The molecule has 0 amide bonds. The maximum absolute atomic E-state index is 12.8. The van der Waals surface area contributed by atoms with Crippen molar-refractivity contribution in [3.63, 3.8) is 0 Å². The highest BCUT2D eigenvalue weighted by atomic mass is 35.5. The van der Waals surface area contributed by atoms with E-state index in [1.165, 1.54) is 3.97 Å². The Morgan fingerprint density at radius 3 is 2.19 bits per heavy atom. The Hall–Kier alpha value is -1.78. The smallest absolute Gasteiger partial charge is 0.223 e. The summed E-state index contributed by atoms with van der Waals surface area (Å²) in [7, 11) is -3.70.